The topological polar surface area (TPSA) is 192 Å². The number of imide groups is 2. The molecule has 0 spiro atoms. The Kier molecular flexibility index (Phi) is 8.39. The van der Waals surface area contributed by atoms with Crippen LogP contribution in [0.3, 0.4) is 0 Å². The van der Waals surface area contributed by atoms with Crippen molar-refractivity contribution in [2.45, 2.75) is 70.1 Å². The van der Waals surface area contributed by atoms with Crippen molar-refractivity contribution in [2.75, 3.05) is 5.32 Å². The highest BCUT2D eigenvalue weighted by Crippen LogP contribution is 2.35. The smallest absolute Gasteiger partial charge is 0.262 e. The Hall–Kier alpha value is -6.51. The highest BCUT2D eigenvalue weighted by atomic mass is 16.5. The number of anilines is 1. The van der Waals surface area contributed by atoms with Crippen LogP contribution in [-0.4, -0.2) is 71.8 Å². The number of nitrogens with one attached hydrogen (secondary N) is 2. The number of hydrogen-bond donors (Lipinski definition) is 2. The summed E-state index contributed by atoms with van der Waals surface area (Å²) in [6, 6.07) is 15.8. The zero-order valence-electron chi connectivity index (χ0n) is 29.0. The minimum atomic E-state index is -0.996. The van der Waals surface area contributed by atoms with Crippen molar-refractivity contribution in [3.05, 3.63) is 101 Å². The van der Waals surface area contributed by atoms with Gasteiger partial charge in [-0.25, -0.2) is 9.97 Å². The van der Waals surface area contributed by atoms with Crippen molar-refractivity contribution in [1.82, 2.24) is 35.3 Å². The number of amides is 4. The number of nitrogens with zero attached hydrogens (tertiary/aromatic N) is 6. The molecule has 2 N–H and O–H groups in total. The number of ether oxygens (including phenoxy) is 2. The largest absolute Gasteiger partial charge is 0.489 e. The van der Waals surface area contributed by atoms with Gasteiger partial charge in [-0.15, -0.1) is 0 Å². The van der Waals surface area contributed by atoms with Crippen LogP contribution < -0.4 is 20.1 Å². The van der Waals surface area contributed by atoms with Gasteiger partial charge in [-0.2, -0.15) is 4.98 Å². The van der Waals surface area contributed by atoms with E-state index in [4.69, 9.17) is 19.0 Å². The number of rotatable bonds is 10. The van der Waals surface area contributed by atoms with Crippen molar-refractivity contribution in [3.8, 4) is 28.9 Å². The number of piperidine rings is 1. The minimum absolute atomic E-state index is 0.00820. The molecular formula is C38H34N8O7. The molecule has 15 nitrogen and oxygen atoms in total. The SMILES string of the molecule is Cc1nc(-c2ncc(Oc3ccc(C(C)(C)c4ccc(O[C@H]5C[C@H](Nc6ccc7c(c6)C(=O)N(C6CCC(=O)NC6=O)C7=O)C5)cn4)cc3)cn2)no1. The number of benzene rings is 2. The summed E-state index contributed by atoms with van der Waals surface area (Å²) in [6.45, 7) is 5.91. The Balaban J connectivity index is 0.829. The van der Waals surface area contributed by atoms with Crippen LogP contribution in [0.15, 0.2) is 77.7 Å². The Morgan fingerprint density at radius 1 is 0.849 bits per heavy atom. The molecule has 5 aromatic rings. The van der Waals surface area contributed by atoms with Crippen LogP contribution in [0.25, 0.3) is 11.6 Å². The van der Waals surface area contributed by atoms with Crippen molar-refractivity contribution in [2.24, 2.45) is 0 Å². The van der Waals surface area contributed by atoms with Gasteiger partial charge >= 0.3 is 0 Å². The highest BCUT2D eigenvalue weighted by Gasteiger charge is 2.45. The summed E-state index contributed by atoms with van der Waals surface area (Å²) in [5.74, 6) is 0.786. The first-order valence-electron chi connectivity index (χ1n) is 17.2. The van der Waals surface area contributed by atoms with E-state index in [9.17, 15) is 19.2 Å². The number of carbonyl (C=O) groups is 4. The number of hydrogen-bond acceptors (Lipinski definition) is 13. The quantitative estimate of drug-likeness (QED) is 0.188. The molecule has 1 atom stereocenters. The zero-order valence-corrected chi connectivity index (χ0v) is 29.0. The predicted molar refractivity (Wildman–Crippen MR) is 187 cm³/mol. The van der Waals surface area contributed by atoms with Crippen molar-refractivity contribution in [3.63, 3.8) is 0 Å². The van der Waals surface area contributed by atoms with Gasteiger partial charge in [0.15, 0.2) is 5.75 Å². The molecule has 268 valence electrons. The van der Waals surface area contributed by atoms with Gasteiger partial charge in [-0.05, 0) is 54.4 Å². The van der Waals surface area contributed by atoms with Crippen molar-refractivity contribution >= 4 is 29.3 Å². The Bertz CT molecular complexity index is 2230. The highest BCUT2D eigenvalue weighted by molar-refractivity contribution is 6.23. The number of aromatic nitrogens is 5. The predicted octanol–water partition coefficient (Wildman–Crippen LogP) is 4.77. The van der Waals surface area contributed by atoms with E-state index in [-0.39, 0.29) is 36.1 Å². The average Bonchev–Trinajstić information content (AvgIpc) is 3.68. The summed E-state index contributed by atoms with van der Waals surface area (Å²) in [4.78, 5) is 68.4. The molecule has 2 aliphatic heterocycles. The van der Waals surface area contributed by atoms with Crippen LogP contribution in [0, 0.1) is 6.92 Å². The van der Waals surface area contributed by atoms with Crippen LogP contribution in [-0.2, 0) is 15.0 Å². The fourth-order valence-corrected chi connectivity index (χ4v) is 6.69. The molecule has 53 heavy (non-hydrogen) atoms. The number of fused-ring (bicyclic) bond motifs is 1. The average molecular weight is 715 g/mol. The number of carbonyl (C=O) groups excluding carboxylic acids is 4. The van der Waals surface area contributed by atoms with E-state index >= 15 is 0 Å². The first-order chi connectivity index (χ1) is 25.5. The molecule has 2 aromatic carbocycles. The molecule has 5 heterocycles. The minimum Gasteiger partial charge on any atom is -0.489 e. The fraction of sp³-hybridized carbons (Fsp3) is 0.289. The van der Waals surface area contributed by atoms with Gasteiger partial charge in [0.1, 0.15) is 23.6 Å². The third-order valence-electron chi connectivity index (χ3n) is 9.75. The maximum absolute atomic E-state index is 13.2. The Morgan fingerprint density at radius 2 is 1.57 bits per heavy atom. The summed E-state index contributed by atoms with van der Waals surface area (Å²) < 4.78 is 17.1. The van der Waals surface area contributed by atoms with Gasteiger partial charge in [0.05, 0.1) is 35.4 Å². The summed E-state index contributed by atoms with van der Waals surface area (Å²) in [5.41, 5.74) is 2.73. The summed E-state index contributed by atoms with van der Waals surface area (Å²) >= 11 is 0. The maximum atomic E-state index is 13.2. The number of aryl methyl sites for hydroxylation is 1. The Labute approximate surface area is 303 Å². The van der Waals surface area contributed by atoms with E-state index in [1.165, 1.54) is 0 Å². The number of pyridine rings is 1. The second-order valence-corrected chi connectivity index (χ2v) is 13.8. The van der Waals surface area contributed by atoms with Gasteiger partial charge in [-0.3, -0.25) is 34.4 Å². The first kappa shape index (κ1) is 33.6. The fourth-order valence-electron chi connectivity index (χ4n) is 6.69. The zero-order chi connectivity index (χ0) is 36.9. The standard InChI is InChI=1S/C38H34N8O7/c1-20-42-34(45-53-20)33-40-18-27(19-41-33)51-24-7-4-21(5-8-24)38(2,3)31-12-9-25(17-39-31)52-26-14-23(15-26)43-22-6-10-28-29(16-22)37(50)46(36(28)49)30-11-13-32(47)44-35(30)48/h4-10,12,16-19,23,26,30,43H,11,13-15H2,1-3H3,(H,44,47,48)/t23-,26-,30?. The third kappa shape index (κ3) is 6.56. The summed E-state index contributed by atoms with van der Waals surface area (Å²) in [6.07, 6.45) is 6.52. The van der Waals surface area contributed by atoms with Gasteiger partial charge in [0.2, 0.25) is 29.4 Å². The van der Waals surface area contributed by atoms with Gasteiger partial charge in [0.25, 0.3) is 11.8 Å². The van der Waals surface area contributed by atoms with Gasteiger partial charge < -0.3 is 19.3 Å². The van der Waals surface area contributed by atoms with Crippen LogP contribution in [0.2, 0.25) is 0 Å². The molecule has 1 unspecified atom stereocenters. The second-order valence-electron chi connectivity index (χ2n) is 13.8. The van der Waals surface area contributed by atoms with Crippen LogP contribution >= 0.6 is 0 Å². The van der Waals surface area contributed by atoms with E-state index < -0.39 is 35.1 Å². The maximum Gasteiger partial charge on any atom is 0.262 e. The molecule has 1 saturated carbocycles. The molecule has 0 radical (unpaired) electrons. The molecule has 4 amide bonds. The van der Waals surface area contributed by atoms with Gasteiger partial charge in [-0.1, -0.05) is 31.1 Å². The van der Waals surface area contributed by atoms with Crippen molar-refractivity contribution < 1.29 is 33.2 Å². The molecule has 3 aromatic heterocycles. The Morgan fingerprint density at radius 3 is 2.25 bits per heavy atom. The van der Waals surface area contributed by atoms with E-state index in [0.29, 0.717) is 40.5 Å². The summed E-state index contributed by atoms with van der Waals surface area (Å²) in [5, 5.41) is 9.46. The lowest BCUT2D eigenvalue weighted by atomic mass is 9.81. The molecule has 1 saturated heterocycles. The molecule has 3 aliphatic rings. The molecule has 0 bridgehead atoms. The molecule has 15 heteroatoms. The van der Waals surface area contributed by atoms with E-state index in [1.54, 1.807) is 43.7 Å². The van der Waals surface area contributed by atoms with Gasteiger partial charge in [0, 0.05) is 43.3 Å². The van der Waals surface area contributed by atoms with Crippen LogP contribution in [0.1, 0.15) is 77.4 Å². The lowest BCUT2D eigenvalue weighted by Crippen LogP contribution is -2.54. The lowest BCUT2D eigenvalue weighted by Gasteiger charge is -2.36. The van der Waals surface area contributed by atoms with Crippen LogP contribution in [0.5, 0.6) is 17.2 Å². The van der Waals surface area contributed by atoms with Crippen LogP contribution in [0.4, 0.5) is 5.69 Å². The molecule has 2 fully saturated rings. The molecular weight excluding hydrogens is 680 g/mol. The van der Waals surface area contributed by atoms with Crippen molar-refractivity contribution in [1.29, 1.82) is 0 Å². The van der Waals surface area contributed by atoms with E-state index in [1.807, 2.05) is 36.4 Å². The monoisotopic (exact) mass is 714 g/mol. The second kappa shape index (κ2) is 13.2. The van der Waals surface area contributed by atoms with E-state index in [2.05, 4.69) is 44.6 Å². The molecule has 1 aliphatic carbocycles. The molecule has 8 rings (SSSR count). The normalized spacial score (nSPS) is 19.8. The lowest BCUT2D eigenvalue weighted by molar-refractivity contribution is -0.136. The first-order valence-corrected chi connectivity index (χ1v) is 17.2. The van der Waals surface area contributed by atoms with E-state index in [0.717, 1.165) is 29.0 Å². The summed E-state index contributed by atoms with van der Waals surface area (Å²) in [7, 11) is 0. The third-order valence-corrected chi connectivity index (χ3v) is 9.75.